The molecule has 4 aromatic rings. The molecule has 0 atom stereocenters. The third kappa shape index (κ3) is 4.17. The quantitative estimate of drug-likeness (QED) is 0.477. The zero-order chi connectivity index (χ0) is 20.9. The van der Waals surface area contributed by atoms with E-state index in [2.05, 4.69) is 32.4 Å². The van der Waals surface area contributed by atoms with Crippen molar-refractivity contribution in [3.63, 3.8) is 0 Å². The molecule has 30 heavy (non-hydrogen) atoms. The number of nitrogens with one attached hydrogen (secondary N) is 2. The zero-order valence-electron chi connectivity index (χ0n) is 17.2. The molecule has 152 valence electrons. The number of nitrogens with zero attached hydrogens (tertiary/aromatic N) is 3. The smallest absolute Gasteiger partial charge is 0.261 e. The van der Waals surface area contributed by atoms with Crippen LogP contribution in [0, 0.1) is 6.92 Å². The maximum atomic E-state index is 12.9. The SMILES string of the molecule is CCN(C(=O)c1cnc(NCCc2c[nH]c3ccccc23)nc1)c1cccc(C)c1. The van der Waals surface area contributed by atoms with Gasteiger partial charge in [-0.1, -0.05) is 30.3 Å². The molecule has 4 rings (SSSR count). The first-order valence-corrected chi connectivity index (χ1v) is 10.1. The first-order chi connectivity index (χ1) is 14.7. The van der Waals surface area contributed by atoms with Gasteiger partial charge in [0.15, 0.2) is 0 Å². The topological polar surface area (TPSA) is 73.9 Å². The molecule has 0 fully saturated rings. The van der Waals surface area contributed by atoms with Gasteiger partial charge in [-0.15, -0.1) is 0 Å². The van der Waals surface area contributed by atoms with Gasteiger partial charge >= 0.3 is 0 Å². The molecule has 6 nitrogen and oxygen atoms in total. The Balaban J connectivity index is 1.39. The van der Waals surface area contributed by atoms with Gasteiger partial charge in [0.25, 0.3) is 5.91 Å². The lowest BCUT2D eigenvalue weighted by Crippen LogP contribution is -2.30. The van der Waals surface area contributed by atoms with Crippen molar-refractivity contribution in [2.45, 2.75) is 20.3 Å². The number of carbonyl (C=O) groups is 1. The molecule has 0 aliphatic carbocycles. The number of hydrogen-bond acceptors (Lipinski definition) is 4. The van der Waals surface area contributed by atoms with Gasteiger partial charge in [-0.25, -0.2) is 9.97 Å². The summed E-state index contributed by atoms with van der Waals surface area (Å²) in [6.45, 7) is 5.26. The monoisotopic (exact) mass is 399 g/mol. The molecule has 2 heterocycles. The molecule has 0 bridgehead atoms. The molecular formula is C24H25N5O. The Hall–Kier alpha value is -3.67. The van der Waals surface area contributed by atoms with Crippen LogP contribution in [0.2, 0.25) is 0 Å². The molecular weight excluding hydrogens is 374 g/mol. The van der Waals surface area contributed by atoms with Crippen molar-refractivity contribution in [2.75, 3.05) is 23.3 Å². The van der Waals surface area contributed by atoms with E-state index >= 15 is 0 Å². The van der Waals surface area contributed by atoms with Crippen LogP contribution < -0.4 is 10.2 Å². The number of para-hydroxylation sites is 1. The second kappa shape index (κ2) is 8.78. The number of H-pyrrole nitrogens is 1. The highest BCUT2D eigenvalue weighted by molar-refractivity contribution is 6.05. The lowest BCUT2D eigenvalue weighted by atomic mass is 10.1. The Morgan fingerprint density at radius 3 is 2.67 bits per heavy atom. The van der Waals surface area contributed by atoms with Crippen molar-refractivity contribution in [2.24, 2.45) is 0 Å². The summed E-state index contributed by atoms with van der Waals surface area (Å²) in [5, 5.41) is 4.47. The molecule has 0 saturated heterocycles. The van der Waals surface area contributed by atoms with E-state index in [9.17, 15) is 4.79 Å². The van der Waals surface area contributed by atoms with Crippen LogP contribution in [0.4, 0.5) is 11.6 Å². The molecule has 6 heteroatoms. The lowest BCUT2D eigenvalue weighted by Gasteiger charge is -2.21. The average molecular weight is 399 g/mol. The van der Waals surface area contributed by atoms with Gasteiger partial charge in [-0.2, -0.15) is 0 Å². The standard InChI is InChI=1S/C24H25N5O/c1-3-29(20-8-6-7-17(2)13-20)23(30)19-15-27-24(28-16-19)25-12-11-18-14-26-22-10-5-4-9-21(18)22/h4-10,13-16,26H,3,11-12H2,1-2H3,(H,25,27,28). The van der Waals surface area contributed by atoms with Crippen molar-refractivity contribution in [3.8, 4) is 0 Å². The average Bonchev–Trinajstić information content (AvgIpc) is 3.18. The molecule has 2 aromatic carbocycles. The van der Waals surface area contributed by atoms with Gasteiger partial charge in [-0.3, -0.25) is 4.79 Å². The van der Waals surface area contributed by atoms with Crippen LogP contribution in [-0.4, -0.2) is 33.9 Å². The molecule has 0 aliphatic rings. The van der Waals surface area contributed by atoms with Crippen molar-refractivity contribution in [1.82, 2.24) is 15.0 Å². The number of anilines is 2. The molecule has 0 unspecified atom stereocenters. The number of rotatable bonds is 7. The number of amides is 1. The normalized spacial score (nSPS) is 10.9. The van der Waals surface area contributed by atoms with E-state index in [1.165, 1.54) is 10.9 Å². The minimum absolute atomic E-state index is 0.103. The summed E-state index contributed by atoms with van der Waals surface area (Å²) < 4.78 is 0. The fourth-order valence-corrected chi connectivity index (χ4v) is 3.57. The van der Waals surface area contributed by atoms with E-state index in [4.69, 9.17) is 0 Å². The van der Waals surface area contributed by atoms with Crippen molar-refractivity contribution in [1.29, 1.82) is 0 Å². The van der Waals surface area contributed by atoms with Gasteiger partial charge in [0.05, 0.1) is 5.56 Å². The van der Waals surface area contributed by atoms with Gasteiger partial charge in [-0.05, 0) is 49.6 Å². The number of fused-ring (bicyclic) bond motifs is 1. The summed E-state index contributed by atoms with van der Waals surface area (Å²) in [6, 6.07) is 16.2. The predicted octanol–water partition coefficient (Wildman–Crippen LogP) is 4.59. The molecule has 0 saturated carbocycles. The van der Waals surface area contributed by atoms with Gasteiger partial charge in [0, 0.05) is 48.3 Å². The second-order valence-corrected chi connectivity index (χ2v) is 7.22. The van der Waals surface area contributed by atoms with Gasteiger partial charge < -0.3 is 15.2 Å². The molecule has 1 amide bonds. The first-order valence-electron chi connectivity index (χ1n) is 10.1. The Bertz CT molecular complexity index is 1150. The highest BCUT2D eigenvalue weighted by atomic mass is 16.2. The van der Waals surface area contributed by atoms with Gasteiger partial charge in [0.1, 0.15) is 0 Å². The van der Waals surface area contributed by atoms with E-state index < -0.39 is 0 Å². The summed E-state index contributed by atoms with van der Waals surface area (Å²) in [5.74, 6) is 0.415. The van der Waals surface area contributed by atoms with Crippen LogP contribution in [-0.2, 0) is 6.42 Å². The summed E-state index contributed by atoms with van der Waals surface area (Å²) in [4.78, 5) is 26.6. The molecule has 2 aromatic heterocycles. The van der Waals surface area contributed by atoms with E-state index in [-0.39, 0.29) is 5.91 Å². The van der Waals surface area contributed by atoms with Crippen LogP contribution in [0.3, 0.4) is 0 Å². The molecule has 0 spiro atoms. The molecule has 2 N–H and O–H groups in total. The van der Waals surface area contributed by atoms with Crippen LogP contribution >= 0.6 is 0 Å². The fraction of sp³-hybridized carbons (Fsp3) is 0.208. The number of aromatic amines is 1. The summed E-state index contributed by atoms with van der Waals surface area (Å²) in [7, 11) is 0. The zero-order valence-corrected chi connectivity index (χ0v) is 17.2. The summed E-state index contributed by atoms with van der Waals surface area (Å²) >= 11 is 0. The fourth-order valence-electron chi connectivity index (χ4n) is 3.57. The Kier molecular flexibility index (Phi) is 5.75. The van der Waals surface area contributed by atoms with E-state index in [1.54, 1.807) is 17.3 Å². The van der Waals surface area contributed by atoms with E-state index in [0.717, 1.165) is 23.2 Å². The first kappa shape index (κ1) is 19.6. The largest absolute Gasteiger partial charge is 0.361 e. The van der Waals surface area contributed by atoms with Crippen molar-refractivity contribution < 1.29 is 4.79 Å². The Morgan fingerprint density at radius 1 is 1.10 bits per heavy atom. The van der Waals surface area contributed by atoms with E-state index in [1.807, 2.05) is 56.4 Å². The third-order valence-corrected chi connectivity index (χ3v) is 5.13. The number of benzene rings is 2. The van der Waals surface area contributed by atoms with Crippen LogP contribution in [0.25, 0.3) is 10.9 Å². The molecule has 0 aliphatic heterocycles. The highest BCUT2D eigenvalue weighted by Crippen LogP contribution is 2.19. The minimum atomic E-state index is -0.103. The Labute approximate surface area is 176 Å². The highest BCUT2D eigenvalue weighted by Gasteiger charge is 2.17. The van der Waals surface area contributed by atoms with Crippen molar-refractivity contribution in [3.05, 3.63) is 83.8 Å². The lowest BCUT2D eigenvalue weighted by molar-refractivity contribution is 0.0987. The Morgan fingerprint density at radius 2 is 1.90 bits per heavy atom. The van der Waals surface area contributed by atoms with E-state index in [0.29, 0.717) is 24.6 Å². The number of aromatic nitrogens is 3. The summed E-state index contributed by atoms with van der Waals surface area (Å²) in [6.07, 6.45) is 6.06. The predicted molar refractivity (Wildman–Crippen MR) is 121 cm³/mol. The number of carbonyl (C=O) groups excluding carboxylic acids is 1. The van der Waals surface area contributed by atoms with Gasteiger partial charge in [0.2, 0.25) is 5.95 Å². The van der Waals surface area contributed by atoms with Crippen LogP contribution in [0.15, 0.2) is 67.1 Å². The van der Waals surface area contributed by atoms with Crippen LogP contribution in [0.1, 0.15) is 28.4 Å². The summed E-state index contributed by atoms with van der Waals surface area (Å²) in [5.41, 5.74) is 4.86. The maximum absolute atomic E-state index is 12.9. The third-order valence-electron chi connectivity index (χ3n) is 5.13. The van der Waals surface area contributed by atoms with Crippen molar-refractivity contribution >= 4 is 28.4 Å². The number of hydrogen-bond donors (Lipinski definition) is 2. The minimum Gasteiger partial charge on any atom is -0.361 e. The molecule has 0 radical (unpaired) electrons. The maximum Gasteiger partial charge on any atom is 0.261 e. The van der Waals surface area contributed by atoms with Crippen LogP contribution in [0.5, 0.6) is 0 Å². The number of aryl methyl sites for hydroxylation is 1. The second-order valence-electron chi connectivity index (χ2n) is 7.22.